The van der Waals surface area contributed by atoms with Gasteiger partial charge in [-0.2, -0.15) is 0 Å². The third-order valence-electron chi connectivity index (χ3n) is 5.67. The lowest BCUT2D eigenvalue weighted by molar-refractivity contribution is -0.119. The van der Waals surface area contributed by atoms with E-state index in [0.717, 1.165) is 29.8 Å². The van der Waals surface area contributed by atoms with Crippen molar-refractivity contribution in [3.8, 4) is 0 Å². The fourth-order valence-electron chi connectivity index (χ4n) is 3.97. The minimum atomic E-state index is 0.0227. The maximum atomic E-state index is 12.7. The molecule has 7 heteroatoms. The first-order chi connectivity index (χ1) is 14.1. The smallest absolute Gasteiger partial charge is 0.230 e. The standard InChI is InChI=1S/C22H31N5OS/c1-16(2)20(17-9-5-3-6-10-17)23-19(28)15-29-22-25-24-21(27(22)18-11-12-18)26-13-7-4-8-14-26/h3,5-6,9-10,16,18,20H,4,7-8,11-15H2,1-2H3,(H,23,28). The van der Waals surface area contributed by atoms with Gasteiger partial charge in [-0.05, 0) is 43.6 Å². The fourth-order valence-corrected chi connectivity index (χ4v) is 4.78. The molecule has 2 fully saturated rings. The van der Waals surface area contributed by atoms with Crippen molar-refractivity contribution in [2.75, 3.05) is 23.7 Å². The van der Waals surface area contributed by atoms with Gasteiger partial charge in [0.15, 0.2) is 5.16 Å². The Balaban J connectivity index is 1.41. The molecule has 1 atom stereocenters. The molecule has 1 saturated heterocycles. The van der Waals surface area contributed by atoms with Crippen molar-refractivity contribution in [2.45, 2.75) is 63.2 Å². The van der Waals surface area contributed by atoms with E-state index in [1.54, 1.807) is 0 Å². The van der Waals surface area contributed by atoms with Crippen LogP contribution < -0.4 is 10.2 Å². The molecule has 4 rings (SSSR count). The summed E-state index contributed by atoms with van der Waals surface area (Å²) in [7, 11) is 0. The highest BCUT2D eigenvalue weighted by Crippen LogP contribution is 2.41. The summed E-state index contributed by atoms with van der Waals surface area (Å²) >= 11 is 1.51. The van der Waals surface area contributed by atoms with Crippen LogP contribution in [0.25, 0.3) is 0 Å². The monoisotopic (exact) mass is 413 g/mol. The van der Waals surface area contributed by atoms with E-state index < -0.39 is 0 Å². The molecule has 2 aromatic rings. The van der Waals surface area contributed by atoms with Crippen LogP contribution in [0.2, 0.25) is 0 Å². The van der Waals surface area contributed by atoms with Gasteiger partial charge < -0.3 is 10.2 Å². The Bertz CT molecular complexity index is 812. The van der Waals surface area contributed by atoms with Crippen molar-refractivity contribution >= 4 is 23.6 Å². The molecule has 2 aliphatic rings. The summed E-state index contributed by atoms with van der Waals surface area (Å²) in [6.07, 6.45) is 6.11. The molecule has 1 aromatic heterocycles. The maximum absolute atomic E-state index is 12.7. The van der Waals surface area contributed by atoms with Crippen molar-refractivity contribution in [2.24, 2.45) is 5.92 Å². The van der Waals surface area contributed by atoms with Gasteiger partial charge in [-0.25, -0.2) is 0 Å². The number of amides is 1. The molecule has 1 aromatic carbocycles. The number of rotatable bonds is 8. The lowest BCUT2D eigenvalue weighted by Crippen LogP contribution is -2.33. The number of carbonyl (C=O) groups excluding carboxylic acids is 1. The molecule has 1 aliphatic carbocycles. The number of carbonyl (C=O) groups is 1. The molecular weight excluding hydrogens is 382 g/mol. The second-order valence-corrected chi connectivity index (χ2v) is 9.36. The zero-order chi connectivity index (χ0) is 20.2. The normalized spacial score (nSPS) is 18.1. The molecule has 0 bridgehead atoms. The van der Waals surface area contributed by atoms with Crippen LogP contribution in [-0.2, 0) is 4.79 Å². The van der Waals surface area contributed by atoms with Gasteiger partial charge in [-0.15, -0.1) is 10.2 Å². The molecule has 1 amide bonds. The molecule has 1 N–H and O–H groups in total. The number of anilines is 1. The summed E-state index contributed by atoms with van der Waals surface area (Å²) in [5.41, 5.74) is 1.15. The number of hydrogen-bond acceptors (Lipinski definition) is 5. The molecular formula is C22H31N5OS. The zero-order valence-corrected chi connectivity index (χ0v) is 18.2. The van der Waals surface area contributed by atoms with E-state index >= 15 is 0 Å². The Morgan fingerprint density at radius 1 is 1.14 bits per heavy atom. The number of piperidine rings is 1. The van der Waals surface area contributed by atoms with E-state index in [1.807, 2.05) is 18.2 Å². The second-order valence-electron chi connectivity index (χ2n) is 8.42. The quantitative estimate of drug-likeness (QED) is 0.657. The van der Waals surface area contributed by atoms with E-state index in [1.165, 1.54) is 43.9 Å². The third kappa shape index (κ3) is 4.94. The minimum Gasteiger partial charge on any atom is -0.348 e. The van der Waals surface area contributed by atoms with E-state index in [-0.39, 0.29) is 11.9 Å². The average Bonchev–Trinajstić information content (AvgIpc) is 3.50. The van der Waals surface area contributed by atoms with E-state index in [0.29, 0.717) is 17.7 Å². The second kappa shape index (κ2) is 9.20. The minimum absolute atomic E-state index is 0.0227. The van der Waals surface area contributed by atoms with Crippen molar-refractivity contribution < 1.29 is 4.79 Å². The SMILES string of the molecule is CC(C)C(NC(=O)CSc1nnc(N2CCCCC2)n1C1CC1)c1ccccc1. The summed E-state index contributed by atoms with van der Waals surface area (Å²) in [4.78, 5) is 15.1. The van der Waals surface area contributed by atoms with Crippen molar-refractivity contribution in [1.29, 1.82) is 0 Å². The molecule has 6 nitrogen and oxygen atoms in total. The number of thioether (sulfide) groups is 1. The Labute approximate surface area is 177 Å². The number of nitrogens with one attached hydrogen (secondary N) is 1. The first-order valence-electron chi connectivity index (χ1n) is 10.8. The summed E-state index contributed by atoms with van der Waals surface area (Å²) in [5, 5.41) is 13.0. The molecule has 1 saturated carbocycles. The molecule has 156 valence electrons. The highest BCUT2D eigenvalue weighted by molar-refractivity contribution is 7.99. The van der Waals surface area contributed by atoms with Crippen molar-refractivity contribution in [3.63, 3.8) is 0 Å². The van der Waals surface area contributed by atoms with E-state index in [4.69, 9.17) is 0 Å². The first kappa shape index (κ1) is 20.3. The number of nitrogens with zero attached hydrogens (tertiary/aromatic N) is 4. The zero-order valence-electron chi connectivity index (χ0n) is 17.4. The molecule has 0 radical (unpaired) electrons. The maximum Gasteiger partial charge on any atom is 0.230 e. The molecule has 1 unspecified atom stereocenters. The summed E-state index contributed by atoms with van der Waals surface area (Å²) in [6.45, 7) is 6.39. The lowest BCUT2D eigenvalue weighted by atomic mass is 9.96. The van der Waals surface area contributed by atoms with Crippen LogP contribution >= 0.6 is 11.8 Å². The summed E-state index contributed by atoms with van der Waals surface area (Å²) < 4.78 is 2.28. The van der Waals surface area contributed by atoms with Crippen LogP contribution in [0.4, 0.5) is 5.95 Å². The van der Waals surface area contributed by atoms with Gasteiger partial charge in [0.2, 0.25) is 11.9 Å². The highest BCUT2D eigenvalue weighted by atomic mass is 32.2. The number of benzene rings is 1. The van der Waals surface area contributed by atoms with Crippen LogP contribution in [0.15, 0.2) is 35.5 Å². The average molecular weight is 414 g/mol. The van der Waals surface area contributed by atoms with Gasteiger partial charge in [-0.3, -0.25) is 9.36 Å². The van der Waals surface area contributed by atoms with Gasteiger partial charge in [-0.1, -0.05) is 55.9 Å². The Morgan fingerprint density at radius 3 is 2.52 bits per heavy atom. The Morgan fingerprint density at radius 2 is 1.86 bits per heavy atom. The van der Waals surface area contributed by atoms with Crippen molar-refractivity contribution in [1.82, 2.24) is 20.1 Å². The fraction of sp³-hybridized carbons (Fsp3) is 0.591. The third-order valence-corrected chi connectivity index (χ3v) is 6.61. The predicted molar refractivity (Wildman–Crippen MR) is 117 cm³/mol. The number of hydrogen-bond donors (Lipinski definition) is 1. The van der Waals surface area contributed by atoms with E-state index in [2.05, 4.69) is 51.0 Å². The highest BCUT2D eigenvalue weighted by Gasteiger charge is 2.32. The molecule has 2 heterocycles. The van der Waals surface area contributed by atoms with Gasteiger partial charge in [0.25, 0.3) is 0 Å². The predicted octanol–water partition coefficient (Wildman–Crippen LogP) is 4.21. The largest absolute Gasteiger partial charge is 0.348 e. The lowest BCUT2D eigenvalue weighted by Gasteiger charge is -2.27. The summed E-state index contributed by atoms with van der Waals surface area (Å²) in [6, 6.07) is 10.7. The topological polar surface area (TPSA) is 63.1 Å². The van der Waals surface area contributed by atoms with Gasteiger partial charge in [0.1, 0.15) is 0 Å². The Kier molecular flexibility index (Phi) is 6.43. The van der Waals surface area contributed by atoms with Crippen LogP contribution in [0, 0.1) is 5.92 Å². The molecule has 29 heavy (non-hydrogen) atoms. The Hall–Kier alpha value is -2.02. The molecule has 0 spiro atoms. The van der Waals surface area contributed by atoms with Crippen LogP contribution in [0.5, 0.6) is 0 Å². The van der Waals surface area contributed by atoms with Gasteiger partial charge in [0.05, 0.1) is 11.8 Å². The van der Waals surface area contributed by atoms with Gasteiger partial charge >= 0.3 is 0 Å². The van der Waals surface area contributed by atoms with Crippen molar-refractivity contribution in [3.05, 3.63) is 35.9 Å². The molecule has 1 aliphatic heterocycles. The summed E-state index contributed by atoms with van der Waals surface area (Å²) in [5.74, 6) is 1.73. The van der Waals surface area contributed by atoms with Gasteiger partial charge in [0, 0.05) is 19.1 Å². The number of aromatic nitrogens is 3. The van der Waals surface area contributed by atoms with Crippen LogP contribution in [0.1, 0.15) is 63.6 Å². The van der Waals surface area contributed by atoms with Crippen LogP contribution in [0.3, 0.4) is 0 Å². The van der Waals surface area contributed by atoms with E-state index in [9.17, 15) is 4.79 Å². The first-order valence-corrected chi connectivity index (χ1v) is 11.8. The van der Waals surface area contributed by atoms with Crippen LogP contribution in [-0.4, -0.2) is 39.5 Å².